The lowest BCUT2D eigenvalue weighted by Gasteiger charge is -2.40. The molecule has 1 aromatic carbocycles. The van der Waals surface area contributed by atoms with Crippen molar-refractivity contribution in [2.45, 2.75) is 11.3 Å². The van der Waals surface area contributed by atoms with Crippen molar-refractivity contribution in [2.24, 2.45) is 0 Å². The Morgan fingerprint density at radius 3 is 2.19 bits per heavy atom. The molecule has 92 valence electrons. The van der Waals surface area contributed by atoms with Gasteiger partial charge in [-0.1, -0.05) is 25.5 Å². The number of nitrogen functional groups attached to an aromatic ring is 1. The van der Waals surface area contributed by atoms with Crippen LogP contribution >= 0.6 is 10.2 Å². The van der Waals surface area contributed by atoms with Gasteiger partial charge in [-0.15, -0.1) is 6.58 Å². The smallest absolute Gasteiger partial charge is 0.310 e. The molecule has 0 unspecified atom stereocenters. The topological polar surface area (TPSA) is 26.0 Å². The summed E-state index contributed by atoms with van der Waals surface area (Å²) in [7, 11) is -9.61. The molecule has 0 aliphatic rings. The highest BCUT2D eigenvalue weighted by molar-refractivity contribution is 8.45. The minimum atomic E-state index is -9.61. The molecule has 0 bridgehead atoms. The first kappa shape index (κ1) is 12.8. The Balaban J connectivity index is 3.40. The molecular formula is C9H10F5NS. The summed E-state index contributed by atoms with van der Waals surface area (Å²) in [4.78, 5) is -1.92. The van der Waals surface area contributed by atoms with Gasteiger partial charge >= 0.3 is 10.2 Å². The lowest BCUT2D eigenvalue weighted by Crippen LogP contribution is -2.07. The Hall–Kier alpha value is -1.24. The highest BCUT2D eigenvalue weighted by atomic mass is 32.5. The summed E-state index contributed by atoms with van der Waals surface area (Å²) in [6, 6.07) is 1.49. The number of hydrogen-bond donors (Lipinski definition) is 1. The van der Waals surface area contributed by atoms with Crippen LogP contribution in [-0.4, -0.2) is 0 Å². The third-order valence-corrected chi connectivity index (χ3v) is 3.07. The first-order valence-electron chi connectivity index (χ1n) is 4.17. The van der Waals surface area contributed by atoms with Gasteiger partial charge in [0.2, 0.25) is 0 Å². The Kier molecular flexibility index (Phi) is 2.33. The summed E-state index contributed by atoms with van der Waals surface area (Å²) in [5.74, 6) is 0. The van der Waals surface area contributed by atoms with Crippen LogP contribution in [0.15, 0.2) is 35.7 Å². The van der Waals surface area contributed by atoms with Crippen LogP contribution in [0.25, 0.3) is 0 Å². The summed E-state index contributed by atoms with van der Waals surface area (Å²) < 4.78 is 62.2. The van der Waals surface area contributed by atoms with Gasteiger partial charge in [-0.25, -0.2) is 0 Å². The van der Waals surface area contributed by atoms with Gasteiger partial charge in [0.25, 0.3) is 0 Å². The van der Waals surface area contributed by atoms with Gasteiger partial charge in [-0.05, 0) is 30.2 Å². The molecule has 16 heavy (non-hydrogen) atoms. The predicted octanol–water partition coefficient (Wildman–Crippen LogP) is 4.65. The Labute approximate surface area is 89.5 Å². The molecule has 0 aliphatic carbocycles. The molecule has 1 rings (SSSR count). The molecule has 0 spiro atoms. The zero-order valence-corrected chi connectivity index (χ0v) is 8.92. The van der Waals surface area contributed by atoms with E-state index in [0.717, 1.165) is 6.07 Å². The Bertz CT molecular complexity index is 436. The zero-order valence-electron chi connectivity index (χ0n) is 8.10. The summed E-state index contributed by atoms with van der Waals surface area (Å²) in [5, 5.41) is 0. The molecule has 0 amide bonds. The van der Waals surface area contributed by atoms with Gasteiger partial charge in [0, 0.05) is 5.69 Å². The van der Waals surface area contributed by atoms with Crippen LogP contribution in [0, 0.1) is 0 Å². The number of allylic oxidation sites excluding steroid dienone is 1. The molecule has 0 aliphatic heterocycles. The predicted molar refractivity (Wildman–Crippen MR) is 56.2 cm³/mol. The number of benzene rings is 1. The minimum absolute atomic E-state index is 0.00745. The van der Waals surface area contributed by atoms with Crippen LogP contribution in [0.1, 0.15) is 5.56 Å². The van der Waals surface area contributed by atoms with E-state index in [-0.39, 0.29) is 17.7 Å². The molecule has 7 heteroatoms. The van der Waals surface area contributed by atoms with E-state index in [4.69, 9.17) is 5.73 Å². The normalized spacial score (nSPS) is 16.3. The number of halogens is 5. The molecule has 0 saturated heterocycles. The van der Waals surface area contributed by atoms with Gasteiger partial charge in [0.05, 0.1) is 0 Å². The van der Waals surface area contributed by atoms with Crippen LogP contribution in [0.3, 0.4) is 0 Å². The SMILES string of the molecule is C=CCc1cc(S(F)(F)(F)(F)F)ccc1N. The maximum absolute atomic E-state index is 12.4. The largest absolute Gasteiger partial charge is 0.398 e. The fraction of sp³-hybridized carbons (Fsp3) is 0.111. The van der Waals surface area contributed by atoms with Crippen LogP contribution in [-0.2, 0) is 6.42 Å². The van der Waals surface area contributed by atoms with Crippen LogP contribution < -0.4 is 5.73 Å². The van der Waals surface area contributed by atoms with Crippen molar-refractivity contribution in [3.05, 3.63) is 36.4 Å². The first-order chi connectivity index (χ1) is 6.94. The molecule has 0 radical (unpaired) electrons. The third-order valence-electron chi connectivity index (χ3n) is 1.92. The maximum Gasteiger partial charge on any atom is 0.310 e. The zero-order chi connectivity index (χ0) is 12.7. The monoisotopic (exact) mass is 259 g/mol. The van der Waals surface area contributed by atoms with Crippen molar-refractivity contribution < 1.29 is 19.4 Å². The summed E-state index contributed by atoms with van der Waals surface area (Å²) >= 11 is 0. The van der Waals surface area contributed by atoms with Crippen molar-refractivity contribution in [1.82, 2.24) is 0 Å². The molecule has 0 atom stereocenters. The van der Waals surface area contributed by atoms with E-state index in [1.54, 1.807) is 0 Å². The second-order valence-corrected chi connectivity index (χ2v) is 5.73. The molecule has 2 N–H and O–H groups in total. The molecule has 0 saturated carbocycles. The van der Waals surface area contributed by atoms with Crippen LogP contribution in [0.5, 0.6) is 0 Å². The lowest BCUT2D eigenvalue weighted by molar-refractivity contribution is 0.364. The fourth-order valence-corrected chi connectivity index (χ4v) is 1.84. The van der Waals surface area contributed by atoms with E-state index in [0.29, 0.717) is 12.1 Å². The average molecular weight is 259 g/mol. The molecule has 1 aromatic rings. The Morgan fingerprint density at radius 2 is 1.75 bits per heavy atom. The van der Waals surface area contributed by atoms with E-state index in [2.05, 4.69) is 6.58 Å². The van der Waals surface area contributed by atoms with E-state index >= 15 is 0 Å². The molecule has 0 fully saturated rings. The van der Waals surface area contributed by atoms with Gasteiger partial charge in [-0.3, -0.25) is 0 Å². The summed E-state index contributed by atoms with van der Waals surface area (Å²) in [6.07, 6.45) is 1.30. The average Bonchev–Trinajstić information content (AvgIpc) is 2.04. The highest BCUT2D eigenvalue weighted by Crippen LogP contribution is 3.02. The molecule has 0 aromatic heterocycles. The number of hydrogen-bond acceptors (Lipinski definition) is 1. The number of nitrogens with two attached hydrogens (primary N) is 1. The fourth-order valence-electron chi connectivity index (χ4n) is 1.15. The third kappa shape index (κ3) is 2.88. The van der Waals surface area contributed by atoms with Gasteiger partial charge in [-0.2, -0.15) is 0 Å². The first-order valence-corrected chi connectivity index (χ1v) is 6.12. The van der Waals surface area contributed by atoms with E-state index < -0.39 is 15.1 Å². The maximum atomic E-state index is 12.4. The lowest BCUT2D eigenvalue weighted by atomic mass is 10.1. The van der Waals surface area contributed by atoms with Crippen molar-refractivity contribution in [3.63, 3.8) is 0 Å². The standard InChI is InChI=1S/C9H10F5NS/c1-2-3-7-6-8(4-5-9(7)15)16(10,11,12,13)14/h2,4-6H,1,3,15H2. The van der Waals surface area contributed by atoms with Gasteiger partial charge < -0.3 is 5.73 Å². The van der Waals surface area contributed by atoms with Crippen molar-refractivity contribution in [3.8, 4) is 0 Å². The summed E-state index contributed by atoms with van der Waals surface area (Å²) in [6.45, 7) is 3.31. The van der Waals surface area contributed by atoms with Crippen molar-refractivity contribution in [1.29, 1.82) is 0 Å². The molecule has 1 nitrogen and oxygen atoms in total. The number of rotatable bonds is 3. The molecular weight excluding hydrogens is 249 g/mol. The Morgan fingerprint density at radius 1 is 1.19 bits per heavy atom. The second-order valence-electron chi connectivity index (χ2n) is 3.32. The highest BCUT2D eigenvalue weighted by Gasteiger charge is 2.65. The van der Waals surface area contributed by atoms with E-state index in [9.17, 15) is 19.4 Å². The quantitative estimate of drug-likeness (QED) is 0.477. The van der Waals surface area contributed by atoms with Crippen LogP contribution in [0.2, 0.25) is 0 Å². The van der Waals surface area contributed by atoms with Crippen molar-refractivity contribution >= 4 is 15.9 Å². The van der Waals surface area contributed by atoms with E-state index in [1.165, 1.54) is 6.08 Å². The van der Waals surface area contributed by atoms with Gasteiger partial charge in [0.15, 0.2) is 0 Å². The van der Waals surface area contributed by atoms with E-state index in [1.807, 2.05) is 0 Å². The number of anilines is 1. The van der Waals surface area contributed by atoms with Crippen molar-refractivity contribution in [2.75, 3.05) is 5.73 Å². The van der Waals surface area contributed by atoms with Crippen LogP contribution in [0.4, 0.5) is 25.1 Å². The molecule has 0 heterocycles. The second kappa shape index (κ2) is 2.91. The minimum Gasteiger partial charge on any atom is -0.398 e. The summed E-state index contributed by atoms with van der Waals surface area (Å²) in [5.41, 5.74) is 5.38. The van der Waals surface area contributed by atoms with Gasteiger partial charge in [0.1, 0.15) is 4.90 Å².